The first-order valence-electron chi connectivity index (χ1n) is 5.83. The minimum absolute atomic E-state index is 0. The molecule has 0 fully saturated rings. The highest BCUT2D eigenvalue weighted by Gasteiger charge is 2.03. The first-order valence-corrected chi connectivity index (χ1v) is 5.83. The molecule has 2 nitrogen and oxygen atoms in total. The van der Waals surface area contributed by atoms with Crippen molar-refractivity contribution < 1.29 is 0 Å². The molecule has 0 saturated carbocycles. The molecular weight excluding hydrogens is 244 g/mol. The van der Waals surface area contributed by atoms with Gasteiger partial charge in [0.25, 0.3) is 0 Å². The molecule has 0 N–H and O–H groups in total. The molecule has 0 atom stereocenters. The van der Waals surface area contributed by atoms with Crippen LogP contribution >= 0.6 is 12.4 Å². The summed E-state index contributed by atoms with van der Waals surface area (Å²) in [7, 11) is 2.05. The van der Waals surface area contributed by atoms with Gasteiger partial charge in [0, 0.05) is 19.5 Å². The molecule has 94 valence electrons. The molecule has 0 spiro atoms. The molecule has 0 bridgehead atoms. The summed E-state index contributed by atoms with van der Waals surface area (Å²) >= 11 is 0. The lowest BCUT2D eigenvalue weighted by Gasteiger charge is -2.16. The van der Waals surface area contributed by atoms with E-state index in [1.165, 1.54) is 16.3 Å². The summed E-state index contributed by atoms with van der Waals surface area (Å²) in [5.41, 5.74) is 1.32. The van der Waals surface area contributed by atoms with Gasteiger partial charge in [-0.05, 0) is 23.4 Å². The molecule has 0 heterocycles. The topological polar surface area (TPSA) is 27.0 Å². The first kappa shape index (κ1) is 14.5. The molecule has 0 aliphatic rings. The van der Waals surface area contributed by atoms with E-state index < -0.39 is 0 Å². The van der Waals surface area contributed by atoms with Gasteiger partial charge >= 0.3 is 0 Å². The van der Waals surface area contributed by atoms with E-state index in [4.69, 9.17) is 5.26 Å². The average Bonchev–Trinajstić information content (AvgIpc) is 2.37. The van der Waals surface area contributed by atoms with Crippen molar-refractivity contribution in [1.29, 1.82) is 5.26 Å². The molecule has 0 radical (unpaired) electrons. The van der Waals surface area contributed by atoms with Gasteiger partial charge in [-0.3, -0.25) is 0 Å². The minimum atomic E-state index is 0. The summed E-state index contributed by atoms with van der Waals surface area (Å²) in [5, 5.41) is 11.2. The number of benzene rings is 2. The standard InChI is InChI=1S/C15H16N2.ClH/c1-17(11-5-10-16)12-14-8-4-7-13-6-2-3-9-15(13)14;/h2-4,6-9H,5,11-12H2,1H3;1H. The van der Waals surface area contributed by atoms with Gasteiger partial charge in [-0.1, -0.05) is 42.5 Å². The van der Waals surface area contributed by atoms with Crippen molar-refractivity contribution in [3.8, 4) is 6.07 Å². The maximum absolute atomic E-state index is 8.58. The van der Waals surface area contributed by atoms with Crippen LogP contribution in [0.5, 0.6) is 0 Å². The Bertz CT molecular complexity index is 540. The fraction of sp³-hybridized carbons (Fsp3) is 0.267. The summed E-state index contributed by atoms with van der Waals surface area (Å²) in [4.78, 5) is 2.19. The van der Waals surface area contributed by atoms with E-state index >= 15 is 0 Å². The zero-order valence-corrected chi connectivity index (χ0v) is 11.3. The van der Waals surface area contributed by atoms with Gasteiger partial charge in [0.2, 0.25) is 0 Å². The minimum Gasteiger partial charge on any atom is -0.301 e. The third kappa shape index (κ3) is 3.46. The van der Waals surface area contributed by atoms with Gasteiger partial charge in [0.1, 0.15) is 0 Å². The van der Waals surface area contributed by atoms with Crippen molar-refractivity contribution in [1.82, 2.24) is 4.90 Å². The molecule has 0 amide bonds. The van der Waals surface area contributed by atoms with E-state index in [2.05, 4.69) is 60.5 Å². The van der Waals surface area contributed by atoms with Crippen LogP contribution in [0.4, 0.5) is 0 Å². The van der Waals surface area contributed by atoms with E-state index in [9.17, 15) is 0 Å². The lowest BCUT2D eigenvalue weighted by molar-refractivity contribution is 0.336. The van der Waals surface area contributed by atoms with Crippen molar-refractivity contribution in [3.05, 3.63) is 48.0 Å². The Morgan fingerprint density at radius 3 is 2.61 bits per heavy atom. The van der Waals surface area contributed by atoms with Crippen LogP contribution in [0, 0.1) is 11.3 Å². The number of nitrogens with zero attached hydrogens (tertiary/aromatic N) is 2. The Labute approximate surface area is 114 Å². The highest BCUT2D eigenvalue weighted by molar-refractivity contribution is 5.85. The highest BCUT2D eigenvalue weighted by atomic mass is 35.5. The van der Waals surface area contributed by atoms with E-state index in [-0.39, 0.29) is 12.4 Å². The Kier molecular flexibility index (Phi) is 5.64. The summed E-state index contributed by atoms with van der Waals surface area (Å²) in [5.74, 6) is 0. The van der Waals surface area contributed by atoms with E-state index in [1.807, 2.05) is 0 Å². The molecule has 0 aliphatic heterocycles. The van der Waals surface area contributed by atoms with Crippen LogP contribution in [0.25, 0.3) is 10.8 Å². The van der Waals surface area contributed by atoms with Crippen molar-refractivity contribution in [2.45, 2.75) is 13.0 Å². The van der Waals surface area contributed by atoms with Crippen molar-refractivity contribution in [3.63, 3.8) is 0 Å². The smallest absolute Gasteiger partial charge is 0.0635 e. The lowest BCUT2D eigenvalue weighted by Crippen LogP contribution is -2.18. The second-order valence-corrected chi connectivity index (χ2v) is 4.28. The molecule has 2 aromatic rings. The molecule has 2 aromatic carbocycles. The number of hydrogen-bond acceptors (Lipinski definition) is 2. The maximum Gasteiger partial charge on any atom is 0.0635 e. The fourth-order valence-corrected chi connectivity index (χ4v) is 2.04. The van der Waals surface area contributed by atoms with E-state index in [1.54, 1.807) is 0 Å². The molecular formula is C15H17ClN2. The quantitative estimate of drug-likeness (QED) is 0.840. The second kappa shape index (κ2) is 7.00. The van der Waals surface area contributed by atoms with Gasteiger partial charge in [0.05, 0.1) is 6.07 Å². The van der Waals surface area contributed by atoms with Crippen LogP contribution in [0.3, 0.4) is 0 Å². The SMILES string of the molecule is CN(CCC#N)Cc1cccc2ccccc12.Cl. The summed E-state index contributed by atoms with van der Waals surface area (Å²) < 4.78 is 0. The highest BCUT2D eigenvalue weighted by Crippen LogP contribution is 2.19. The largest absolute Gasteiger partial charge is 0.301 e. The zero-order chi connectivity index (χ0) is 12.1. The fourth-order valence-electron chi connectivity index (χ4n) is 2.04. The average molecular weight is 261 g/mol. The predicted octanol–water partition coefficient (Wildman–Crippen LogP) is 3.61. The normalized spacial score (nSPS) is 10.1. The van der Waals surface area contributed by atoms with Crippen LogP contribution < -0.4 is 0 Å². The molecule has 0 saturated heterocycles. The number of nitriles is 1. The van der Waals surface area contributed by atoms with Gasteiger partial charge in [-0.15, -0.1) is 12.4 Å². The summed E-state index contributed by atoms with van der Waals surface area (Å²) in [6, 6.07) is 17.0. The van der Waals surface area contributed by atoms with Crippen LogP contribution in [-0.4, -0.2) is 18.5 Å². The molecule has 0 aromatic heterocycles. The second-order valence-electron chi connectivity index (χ2n) is 4.28. The van der Waals surface area contributed by atoms with Crippen molar-refractivity contribution >= 4 is 23.2 Å². The van der Waals surface area contributed by atoms with E-state index in [0.717, 1.165) is 13.1 Å². The van der Waals surface area contributed by atoms with Gasteiger partial charge in [-0.25, -0.2) is 0 Å². The summed E-state index contributed by atoms with van der Waals surface area (Å²) in [6.45, 7) is 1.71. The zero-order valence-electron chi connectivity index (χ0n) is 10.5. The molecule has 18 heavy (non-hydrogen) atoms. The van der Waals surface area contributed by atoms with Gasteiger partial charge in [0.15, 0.2) is 0 Å². The molecule has 3 heteroatoms. The Balaban J connectivity index is 0.00000162. The Morgan fingerprint density at radius 1 is 1.11 bits per heavy atom. The number of halogens is 1. The van der Waals surface area contributed by atoms with Gasteiger partial charge in [-0.2, -0.15) is 5.26 Å². The monoisotopic (exact) mass is 260 g/mol. The van der Waals surface area contributed by atoms with Gasteiger partial charge < -0.3 is 4.90 Å². The number of rotatable bonds is 4. The van der Waals surface area contributed by atoms with Crippen LogP contribution in [0.2, 0.25) is 0 Å². The Hall–Kier alpha value is -1.56. The molecule has 2 rings (SSSR count). The lowest BCUT2D eigenvalue weighted by atomic mass is 10.0. The number of hydrogen-bond donors (Lipinski definition) is 0. The third-order valence-corrected chi connectivity index (χ3v) is 2.93. The molecule has 0 unspecified atom stereocenters. The maximum atomic E-state index is 8.58. The third-order valence-electron chi connectivity index (χ3n) is 2.93. The Morgan fingerprint density at radius 2 is 1.83 bits per heavy atom. The molecule has 0 aliphatic carbocycles. The number of fused-ring (bicyclic) bond motifs is 1. The van der Waals surface area contributed by atoms with Crippen molar-refractivity contribution in [2.24, 2.45) is 0 Å². The van der Waals surface area contributed by atoms with Crippen LogP contribution in [-0.2, 0) is 6.54 Å². The first-order chi connectivity index (χ1) is 8.31. The van der Waals surface area contributed by atoms with E-state index in [0.29, 0.717) is 6.42 Å². The van der Waals surface area contributed by atoms with Crippen molar-refractivity contribution in [2.75, 3.05) is 13.6 Å². The van der Waals surface area contributed by atoms with Crippen LogP contribution in [0.1, 0.15) is 12.0 Å². The predicted molar refractivity (Wildman–Crippen MR) is 77.8 cm³/mol. The van der Waals surface area contributed by atoms with Crippen LogP contribution in [0.15, 0.2) is 42.5 Å². The summed E-state index contributed by atoms with van der Waals surface area (Å²) in [6.07, 6.45) is 0.585.